The average Bonchev–Trinajstić information content (AvgIpc) is 3.47. The van der Waals surface area contributed by atoms with Crippen molar-refractivity contribution in [1.29, 1.82) is 0 Å². The maximum Gasteiger partial charge on any atom is 0.243 e. The molecule has 7 heteroatoms. The maximum absolute atomic E-state index is 13.3. The Labute approximate surface area is 176 Å². The molecule has 1 heterocycles. The van der Waals surface area contributed by atoms with Gasteiger partial charge in [0.1, 0.15) is 5.76 Å². The highest BCUT2D eigenvalue weighted by atomic mass is 32.2. The molecule has 0 bridgehead atoms. The standard InChI is InChI=1S/C23H24N2O4S/c26-23(18-25(20-13-14-20)30(27,28)22-11-5-2-6-12-22)24(17-21-10-7-15-29-21)16-19-8-3-1-4-9-19/h1-12,15,20H,13-14,16-18H2. The van der Waals surface area contributed by atoms with Crippen molar-refractivity contribution >= 4 is 15.9 Å². The van der Waals surface area contributed by atoms with Gasteiger partial charge in [0, 0.05) is 12.6 Å². The van der Waals surface area contributed by atoms with Crippen LogP contribution in [0.3, 0.4) is 0 Å². The molecule has 1 aliphatic carbocycles. The fraction of sp³-hybridized carbons (Fsp3) is 0.261. The van der Waals surface area contributed by atoms with Gasteiger partial charge in [-0.15, -0.1) is 0 Å². The number of sulfonamides is 1. The van der Waals surface area contributed by atoms with Gasteiger partial charge in [0.05, 0.1) is 24.2 Å². The van der Waals surface area contributed by atoms with E-state index in [1.165, 1.54) is 4.31 Å². The molecule has 0 radical (unpaired) electrons. The third-order valence-electron chi connectivity index (χ3n) is 5.09. The summed E-state index contributed by atoms with van der Waals surface area (Å²) < 4.78 is 33.1. The molecule has 156 valence electrons. The molecular weight excluding hydrogens is 400 g/mol. The predicted molar refractivity (Wildman–Crippen MR) is 113 cm³/mol. The molecular formula is C23H24N2O4S. The first-order chi connectivity index (χ1) is 14.5. The smallest absolute Gasteiger partial charge is 0.243 e. The van der Waals surface area contributed by atoms with Gasteiger partial charge in [0.25, 0.3) is 0 Å². The Kier molecular flexibility index (Phi) is 6.01. The molecule has 0 aliphatic heterocycles. The SMILES string of the molecule is O=C(CN(C1CC1)S(=O)(=O)c1ccccc1)N(Cc1ccccc1)Cc1ccco1. The lowest BCUT2D eigenvalue weighted by Gasteiger charge is -2.27. The van der Waals surface area contributed by atoms with Gasteiger partial charge in [0.2, 0.25) is 15.9 Å². The van der Waals surface area contributed by atoms with Gasteiger partial charge in [-0.2, -0.15) is 4.31 Å². The first-order valence-electron chi connectivity index (χ1n) is 9.95. The number of furan rings is 1. The van der Waals surface area contributed by atoms with Gasteiger partial charge in [-0.25, -0.2) is 8.42 Å². The molecule has 6 nitrogen and oxygen atoms in total. The van der Waals surface area contributed by atoms with Crippen LogP contribution in [0.2, 0.25) is 0 Å². The summed E-state index contributed by atoms with van der Waals surface area (Å²) in [6.45, 7) is 0.477. The molecule has 1 aliphatic rings. The van der Waals surface area contributed by atoms with Crippen LogP contribution in [-0.2, 0) is 27.9 Å². The van der Waals surface area contributed by atoms with Crippen molar-refractivity contribution < 1.29 is 17.6 Å². The Morgan fingerprint density at radius 1 is 0.900 bits per heavy atom. The fourth-order valence-electron chi connectivity index (χ4n) is 3.36. The Bertz CT molecular complexity index is 1060. The zero-order valence-electron chi connectivity index (χ0n) is 16.6. The molecule has 1 amide bonds. The third-order valence-corrected chi connectivity index (χ3v) is 7.00. The quantitative estimate of drug-likeness (QED) is 0.526. The van der Waals surface area contributed by atoms with Crippen LogP contribution >= 0.6 is 0 Å². The van der Waals surface area contributed by atoms with Crippen molar-refractivity contribution in [1.82, 2.24) is 9.21 Å². The van der Waals surface area contributed by atoms with E-state index < -0.39 is 10.0 Å². The van der Waals surface area contributed by atoms with Crippen LogP contribution < -0.4 is 0 Å². The summed E-state index contributed by atoms with van der Waals surface area (Å²) in [6.07, 6.45) is 3.11. The Balaban J connectivity index is 1.56. The number of nitrogens with zero attached hydrogens (tertiary/aromatic N) is 2. The van der Waals surface area contributed by atoms with E-state index in [1.807, 2.05) is 36.4 Å². The van der Waals surface area contributed by atoms with Gasteiger partial charge in [-0.1, -0.05) is 48.5 Å². The lowest BCUT2D eigenvalue weighted by atomic mass is 10.2. The Morgan fingerprint density at radius 3 is 2.17 bits per heavy atom. The highest BCUT2D eigenvalue weighted by Crippen LogP contribution is 2.32. The summed E-state index contributed by atoms with van der Waals surface area (Å²) in [5.74, 6) is 0.407. The van der Waals surface area contributed by atoms with E-state index in [2.05, 4.69) is 0 Å². The first-order valence-corrected chi connectivity index (χ1v) is 11.4. The second-order valence-corrected chi connectivity index (χ2v) is 9.30. The lowest BCUT2D eigenvalue weighted by molar-refractivity contribution is -0.133. The summed E-state index contributed by atoms with van der Waals surface area (Å²) in [7, 11) is -3.74. The van der Waals surface area contributed by atoms with Gasteiger partial charge in [0.15, 0.2) is 0 Å². The molecule has 30 heavy (non-hydrogen) atoms. The first kappa shape index (κ1) is 20.4. The van der Waals surface area contributed by atoms with Gasteiger partial charge < -0.3 is 9.32 Å². The normalized spacial score (nSPS) is 14.0. The highest BCUT2D eigenvalue weighted by molar-refractivity contribution is 7.89. The van der Waals surface area contributed by atoms with Crippen molar-refractivity contribution in [3.63, 3.8) is 0 Å². The van der Waals surface area contributed by atoms with Crippen molar-refractivity contribution in [2.45, 2.75) is 36.9 Å². The molecule has 0 atom stereocenters. The lowest BCUT2D eigenvalue weighted by Crippen LogP contribution is -2.43. The topological polar surface area (TPSA) is 70.8 Å². The van der Waals surface area contributed by atoms with Gasteiger partial charge in [-0.05, 0) is 42.7 Å². The number of carbonyl (C=O) groups excluding carboxylic acids is 1. The monoisotopic (exact) mass is 424 g/mol. The summed E-state index contributed by atoms with van der Waals surface area (Å²) in [5, 5.41) is 0. The maximum atomic E-state index is 13.3. The number of hydrogen-bond acceptors (Lipinski definition) is 4. The van der Waals surface area contributed by atoms with E-state index in [4.69, 9.17) is 4.42 Å². The van der Waals surface area contributed by atoms with Crippen LogP contribution in [0.25, 0.3) is 0 Å². The molecule has 4 rings (SSSR count). The molecule has 0 N–H and O–H groups in total. The minimum Gasteiger partial charge on any atom is -0.467 e. The second kappa shape index (κ2) is 8.85. The van der Waals surface area contributed by atoms with Crippen molar-refractivity contribution in [3.05, 3.63) is 90.4 Å². The molecule has 1 fully saturated rings. The van der Waals surface area contributed by atoms with E-state index >= 15 is 0 Å². The van der Waals surface area contributed by atoms with Crippen LogP contribution in [0.5, 0.6) is 0 Å². The molecule has 1 aromatic heterocycles. The number of benzene rings is 2. The molecule has 0 saturated heterocycles. The van der Waals surface area contributed by atoms with Crippen molar-refractivity contribution in [2.24, 2.45) is 0 Å². The number of rotatable bonds is 9. The van der Waals surface area contributed by atoms with E-state index in [0.717, 1.165) is 18.4 Å². The summed E-state index contributed by atoms with van der Waals surface area (Å²) >= 11 is 0. The number of hydrogen-bond donors (Lipinski definition) is 0. The van der Waals surface area contributed by atoms with Crippen LogP contribution in [-0.4, -0.2) is 36.1 Å². The van der Waals surface area contributed by atoms with Gasteiger partial charge >= 0.3 is 0 Å². The fourth-order valence-corrected chi connectivity index (χ4v) is 5.02. The Hall–Kier alpha value is -2.90. The molecule has 1 saturated carbocycles. The van der Waals surface area contributed by atoms with E-state index in [0.29, 0.717) is 12.3 Å². The highest BCUT2D eigenvalue weighted by Gasteiger charge is 2.40. The van der Waals surface area contributed by atoms with Crippen LogP contribution in [0, 0.1) is 0 Å². The average molecular weight is 425 g/mol. The van der Waals surface area contributed by atoms with Gasteiger partial charge in [-0.3, -0.25) is 4.79 Å². The molecule has 0 unspecified atom stereocenters. The van der Waals surface area contributed by atoms with E-state index in [9.17, 15) is 13.2 Å². The van der Waals surface area contributed by atoms with Crippen LogP contribution in [0.4, 0.5) is 0 Å². The second-order valence-electron chi connectivity index (χ2n) is 7.41. The third kappa shape index (κ3) is 4.80. The predicted octanol–water partition coefficient (Wildman–Crippen LogP) is 3.66. The zero-order valence-corrected chi connectivity index (χ0v) is 17.4. The minimum atomic E-state index is -3.74. The number of carbonyl (C=O) groups is 1. The van der Waals surface area contributed by atoms with E-state index in [-0.39, 0.29) is 29.9 Å². The minimum absolute atomic E-state index is 0.124. The Morgan fingerprint density at radius 2 is 1.57 bits per heavy atom. The molecule has 0 spiro atoms. The van der Waals surface area contributed by atoms with Crippen molar-refractivity contribution in [3.8, 4) is 0 Å². The van der Waals surface area contributed by atoms with Crippen LogP contribution in [0.15, 0.2) is 88.4 Å². The summed E-state index contributed by atoms with van der Waals surface area (Å²) in [4.78, 5) is 15.1. The van der Waals surface area contributed by atoms with E-state index in [1.54, 1.807) is 47.6 Å². The molecule has 2 aromatic carbocycles. The zero-order chi connectivity index (χ0) is 21.0. The largest absolute Gasteiger partial charge is 0.467 e. The number of amides is 1. The van der Waals surface area contributed by atoms with Crippen molar-refractivity contribution in [2.75, 3.05) is 6.54 Å². The molecule has 3 aromatic rings. The summed E-state index contributed by atoms with van der Waals surface area (Å²) in [5.41, 5.74) is 0.973. The summed E-state index contributed by atoms with van der Waals surface area (Å²) in [6, 6.07) is 21.4. The van der Waals surface area contributed by atoms with Crippen LogP contribution in [0.1, 0.15) is 24.2 Å².